The van der Waals surface area contributed by atoms with Crippen molar-refractivity contribution in [2.75, 3.05) is 26.2 Å². The number of nitrogens with zero attached hydrogens (tertiary/aromatic N) is 7. The fraction of sp³-hybridized carbons (Fsp3) is 0.524. The van der Waals surface area contributed by atoms with E-state index < -0.39 is 11.9 Å². The van der Waals surface area contributed by atoms with Crippen LogP contribution in [0.25, 0.3) is 5.82 Å². The number of tetrazole rings is 1. The topological polar surface area (TPSA) is 117 Å². The van der Waals surface area contributed by atoms with Crippen LogP contribution in [-0.2, 0) is 9.59 Å². The van der Waals surface area contributed by atoms with E-state index in [9.17, 15) is 19.1 Å². The number of allylic oxidation sites excluding steroid dienone is 2. The number of piperidine rings is 1. The number of aromatic nitrogens is 5. The van der Waals surface area contributed by atoms with Crippen LogP contribution in [0.2, 0.25) is 0 Å². The molecular weight excluding hydrogens is 417 g/mol. The first-order chi connectivity index (χ1) is 15.4. The molecule has 32 heavy (non-hydrogen) atoms. The predicted octanol–water partition coefficient (Wildman–Crippen LogP) is 0.791. The number of halogens is 1. The number of ketones is 1. The Morgan fingerprint density at radius 1 is 1.16 bits per heavy atom. The molecule has 1 atom stereocenters. The Bertz CT molecular complexity index is 1060. The molecule has 2 saturated heterocycles. The Kier molecular flexibility index (Phi) is 5.30. The molecule has 1 amide bonds. The van der Waals surface area contributed by atoms with Gasteiger partial charge in [0.1, 0.15) is 6.33 Å². The number of likely N-dealkylation sites (tertiary alicyclic amines) is 2. The van der Waals surface area contributed by atoms with Crippen LogP contribution in [0.5, 0.6) is 0 Å². The summed E-state index contributed by atoms with van der Waals surface area (Å²) in [5, 5.41) is 21.2. The molecule has 1 unspecified atom stereocenters. The predicted molar refractivity (Wildman–Crippen MR) is 109 cm³/mol. The smallest absolute Gasteiger partial charge is 0.233 e. The Balaban J connectivity index is 1.19. The molecular formula is C21H24FN7O3. The van der Waals surface area contributed by atoms with E-state index in [4.69, 9.17) is 0 Å². The number of aliphatic hydroxyl groups excluding tert-OH is 1. The van der Waals surface area contributed by atoms with E-state index in [1.165, 1.54) is 18.6 Å². The van der Waals surface area contributed by atoms with Crippen molar-refractivity contribution in [2.24, 2.45) is 5.41 Å². The van der Waals surface area contributed by atoms with E-state index in [2.05, 4.69) is 25.4 Å². The summed E-state index contributed by atoms with van der Waals surface area (Å²) in [4.78, 5) is 32.6. The molecule has 0 radical (unpaired) electrons. The molecule has 2 aromatic rings. The molecule has 5 rings (SSSR count). The van der Waals surface area contributed by atoms with Crippen molar-refractivity contribution in [3.05, 3.63) is 41.7 Å². The molecule has 11 heteroatoms. The second-order valence-corrected chi connectivity index (χ2v) is 8.73. The molecule has 2 fully saturated rings. The minimum Gasteiger partial charge on any atom is -0.387 e. The van der Waals surface area contributed by atoms with Gasteiger partial charge in [-0.25, -0.2) is 9.37 Å². The lowest BCUT2D eigenvalue weighted by molar-refractivity contribution is -0.137. The highest BCUT2D eigenvalue weighted by Gasteiger charge is 2.49. The Morgan fingerprint density at radius 3 is 2.59 bits per heavy atom. The van der Waals surface area contributed by atoms with Crippen molar-refractivity contribution in [3.8, 4) is 5.82 Å². The molecule has 168 valence electrons. The van der Waals surface area contributed by atoms with Gasteiger partial charge in [0.25, 0.3) is 0 Å². The average molecular weight is 441 g/mol. The molecule has 1 spiro atoms. The normalized spacial score (nSPS) is 22.1. The monoisotopic (exact) mass is 441 g/mol. The van der Waals surface area contributed by atoms with Gasteiger partial charge in [0.15, 0.2) is 17.4 Å². The van der Waals surface area contributed by atoms with Crippen molar-refractivity contribution in [1.29, 1.82) is 0 Å². The van der Waals surface area contributed by atoms with E-state index in [1.54, 1.807) is 11.0 Å². The number of carbonyl (C=O) groups excluding carboxylic acids is 2. The van der Waals surface area contributed by atoms with Gasteiger partial charge in [-0.15, -0.1) is 5.10 Å². The zero-order valence-corrected chi connectivity index (χ0v) is 17.5. The third-order valence-corrected chi connectivity index (χ3v) is 6.85. The summed E-state index contributed by atoms with van der Waals surface area (Å²) in [5.74, 6) is -0.436. The van der Waals surface area contributed by atoms with E-state index >= 15 is 0 Å². The third kappa shape index (κ3) is 3.71. The minimum atomic E-state index is -0.903. The molecule has 0 aromatic carbocycles. The first-order valence-corrected chi connectivity index (χ1v) is 10.8. The number of carbonyl (C=O) groups is 2. The summed E-state index contributed by atoms with van der Waals surface area (Å²) in [5.41, 5.74) is 0.852. The summed E-state index contributed by atoms with van der Waals surface area (Å²) in [7, 11) is 0. The molecule has 1 N–H and O–H groups in total. The van der Waals surface area contributed by atoms with Crippen LogP contribution in [0.3, 0.4) is 0 Å². The van der Waals surface area contributed by atoms with Crippen LogP contribution in [0.15, 0.2) is 30.4 Å². The molecule has 4 heterocycles. The van der Waals surface area contributed by atoms with Crippen LogP contribution >= 0.6 is 0 Å². The molecule has 1 aliphatic carbocycles. The van der Waals surface area contributed by atoms with Gasteiger partial charge in [0.2, 0.25) is 5.91 Å². The largest absolute Gasteiger partial charge is 0.387 e. The highest BCUT2D eigenvalue weighted by molar-refractivity contribution is 5.95. The molecule has 0 saturated carbocycles. The molecule has 2 aliphatic heterocycles. The fourth-order valence-corrected chi connectivity index (χ4v) is 4.92. The van der Waals surface area contributed by atoms with Gasteiger partial charge in [-0.3, -0.25) is 9.59 Å². The first kappa shape index (κ1) is 20.8. The summed E-state index contributed by atoms with van der Waals surface area (Å²) in [6.45, 7) is 2.35. The van der Waals surface area contributed by atoms with Gasteiger partial charge >= 0.3 is 0 Å². The van der Waals surface area contributed by atoms with Gasteiger partial charge in [0.05, 0.1) is 11.5 Å². The Labute approximate surface area is 183 Å². The Morgan fingerprint density at radius 2 is 1.94 bits per heavy atom. The van der Waals surface area contributed by atoms with Crippen LogP contribution in [0.4, 0.5) is 4.39 Å². The number of hydrogen-bond donors (Lipinski definition) is 1. The fourth-order valence-electron chi connectivity index (χ4n) is 4.92. The van der Waals surface area contributed by atoms with Crippen molar-refractivity contribution in [3.63, 3.8) is 0 Å². The van der Waals surface area contributed by atoms with E-state index in [0.29, 0.717) is 57.4 Å². The lowest BCUT2D eigenvalue weighted by Crippen LogP contribution is -2.45. The van der Waals surface area contributed by atoms with Crippen LogP contribution in [0.1, 0.15) is 43.8 Å². The van der Waals surface area contributed by atoms with Gasteiger partial charge in [0, 0.05) is 43.0 Å². The molecule has 0 bridgehead atoms. The summed E-state index contributed by atoms with van der Waals surface area (Å²) in [6.07, 6.45) is 6.73. The molecule has 10 nitrogen and oxygen atoms in total. The highest BCUT2D eigenvalue weighted by Crippen LogP contribution is 2.44. The quantitative estimate of drug-likeness (QED) is 0.724. The molecule has 2 aromatic heterocycles. The van der Waals surface area contributed by atoms with Gasteiger partial charge in [-0.05, 0) is 55.3 Å². The average Bonchev–Trinajstić information content (AvgIpc) is 3.52. The van der Waals surface area contributed by atoms with Gasteiger partial charge in [-0.1, -0.05) is 0 Å². The van der Waals surface area contributed by atoms with Crippen molar-refractivity contribution < 1.29 is 19.1 Å². The van der Waals surface area contributed by atoms with E-state index in [1.807, 2.05) is 0 Å². The lowest BCUT2D eigenvalue weighted by atomic mass is 9.77. The number of aliphatic hydroxyl groups is 1. The second-order valence-electron chi connectivity index (χ2n) is 8.73. The Hall–Kier alpha value is -3.05. The number of hydrogen-bond acceptors (Lipinski definition) is 8. The van der Waals surface area contributed by atoms with Crippen molar-refractivity contribution in [2.45, 2.75) is 38.2 Å². The zero-order valence-electron chi connectivity index (χ0n) is 17.5. The van der Waals surface area contributed by atoms with E-state index in [0.717, 1.165) is 16.8 Å². The number of amides is 1. The number of rotatable bonds is 5. The SMILES string of the molecule is O=C1C=C(N2CCC3(CCN(CC(O)c4cnc(-n5cnnn5)c(F)c4)CC3)C2=O)CC1. The summed E-state index contributed by atoms with van der Waals surface area (Å²) >= 11 is 0. The van der Waals surface area contributed by atoms with Crippen LogP contribution in [0, 0.1) is 11.2 Å². The van der Waals surface area contributed by atoms with Gasteiger partial charge < -0.3 is 14.9 Å². The molecule has 3 aliphatic rings. The highest BCUT2D eigenvalue weighted by atomic mass is 19.1. The van der Waals surface area contributed by atoms with Crippen molar-refractivity contribution >= 4 is 11.7 Å². The first-order valence-electron chi connectivity index (χ1n) is 10.8. The van der Waals surface area contributed by atoms with Crippen molar-refractivity contribution in [1.82, 2.24) is 35.0 Å². The third-order valence-electron chi connectivity index (χ3n) is 6.85. The minimum absolute atomic E-state index is 0.0331. The van der Waals surface area contributed by atoms with Crippen LogP contribution in [-0.4, -0.2) is 78.0 Å². The zero-order chi connectivity index (χ0) is 22.3. The maximum absolute atomic E-state index is 14.4. The van der Waals surface area contributed by atoms with Crippen LogP contribution < -0.4 is 0 Å². The number of pyridine rings is 1. The summed E-state index contributed by atoms with van der Waals surface area (Å²) in [6, 6.07) is 1.25. The second kappa shape index (κ2) is 8.14. The maximum atomic E-state index is 14.4. The van der Waals surface area contributed by atoms with Gasteiger partial charge in [-0.2, -0.15) is 4.68 Å². The standard InChI is InChI=1S/C21H24FN7O3/c22-17-9-14(11-23-19(17)29-13-24-25-26-29)18(31)12-27-6-3-21(4-7-27)5-8-28(20(21)32)15-1-2-16(30)10-15/h9-11,13,18,31H,1-8,12H2. The number of β-amino-alcohol motifs (C(OH)–C–C–N with tert-alkyl or cyclic N) is 1. The maximum Gasteiger partial charge on any atom is 0.233 e. The lowest BCUT2D eigenvalue weighted by Gasteiger charge is -2.38. The van der Waals surface area contributed by atoms with E-state index in [-0.39, 0.29) is 22.9 Å². The summed E-state index contributed by atoms with van der Waals surface area (Å²) < 4.78 is 15.5.